The van der Waals surface area contributed by atoms with E-state index in [0.29, 0.717) is 13.2 Å². The fraction of sp³-hybridized carbons (Fsp3) is 0.429. The number of allylic oxidation sites excluding steroid dienone is 1. The van der Waals surface area contributed by atoms with Crippen LogP contribution in [0.3, 0.4) is 0 Å². The summed E-state index contributed by atoms with van der Waals surface area (Å²) in [4.78, 5) is 17.4. The number of methoxy groups -OCH3 is 1. The molecule has 2 heterocycles. The van der Waals surface area contributed by atoms with Crippen molar-refractivity contribution in [2.45, 2.75) is 57.7 Å². The van der Waals surface area contributed by atoms with Crippen LogP contribution in [0.25, 0.3) is 11.0 Å². The van der Waals surface area contributed by atoms with E-state index in [9.17, 15) is 4.79 Å². The van der Waals surface area contributed by atoms with E-state index >= 15 is 0 Å². The van der Waals surface area contributed by atoms with Crippen molar-refractivity contribution in [2.24, 2.45) is 0 Å². The van der Waals surface area contributed by atoms with Gasteiger partial charge >= 0.3 is 0 Å². The van der Waals surface area contributed by atoms with Crippen molar-refractivity contribution >= 4 is 16.9 Å². The van der Waals surface area contributed by atoms with Crippen molar-refractivity contribution < 1.29 is 19.0 Å². The monoisotopic (exact) mass is 477 g/mol. The average molecular weight is 478 g/mol. The molecule has 7 nitrogen and oxygen atoms in total. The number of nitrogens with zero attached hydrogens (tertiary/aromatic N) is 2. The number of imidazole rings is 1. The second kappa shape index (κ2) is 11.9. The van der Waals surface area contributed by atoms with Crippen LogP contribution in [-0.4, -0.2) is 41.9 Å². The number of fused-ring (bicyclic) bond motifs is 1. The number of hydrogen-bond donors (Lipinski definition) is 1. The summed E-state index contributed by atoms with van der Waals surface area (Å²) in [6, 6.07) is 13.9. The number of carbonyl (C=O) groups is 1. The number of rotatable bonds is 12. The Morgan fingerprint density at radius 2 is 2.14 bits per heavy atom. The number of unbranched alkanes of at least 4 members (excludes halogenated alkanes) is 1. The summed E-state index contributed by atoms with van der Waals surface area (Å²) in [5.74, 6) is 2.29. The molecule has 2 atom stereocenters. The fourth-order valence-corrected chi connectivity index (χ4v) is 4.49. The number of nitrogens with one attached hydrogen (secondary N) is 1. The van der Waals surface area contributed by atoms with Crippen LogP contribution in [0.4, 0.5) is 0 Å². The van der Waals surface area contributed by atoms with Gasteiger partial charge in [-0.2, -0.15) is 0 Å². The highest BCUT2D eigenvalue weighted by molar-refractivity contribution is 5.81. The lowest BCUT2D eigenvalue weighted by Gasteiger charge is -2.18. The maximum absolute atomic E-state index is 12.6. The number of ether oxygens (including phenoxy) is 3. The van der Waals surface area contributed by atoms with Crippen molar-refractivity contribution in [3.8, 4) is 11.5 Å². The van der Waals surface area contributed by atoms with Crippen LogP contribution in [0.5, 0.6) is 11.5 Å². The van der Waals surface area contributed by atoms with Gasteiger partial charge in [0.05, 0.1) is 30.8 Å². The van der Waals surface area contributed by atoms with Crippen molar-refractivity contribution in [3.63, 3.8) is 0 Å². The number of aryl methyl sites for hydroxylation is 1. The van der Waals surface area contributed by atoms with Crippen LogP contribution in [-0.2, 0) is 22.5 Å². The van der Waals surface area contributed by atoms with Crippen LogP contribution in [0.2, 0.25) is 0 Å². The lowest BCUT2D eigenvalue weighted by molar-refractivity contribution is -0.130. The minimum atomic E-state index is -0.352. The Labute approximate surface area is 207 Å². The highest BCUT2D eigenvalue weighted by Crippen LogP contribution is 2.29. The van der Waals surface area contributed by atoms with Gasteiger partial charge in [-0.1, -0.05) is 24.3 Å². The average Bonchev–Trinajstić information content (AvgIpc) is 3.53. The highest BCUT2D eigenvalue weighted by atomic mass is 16.5. The number of aromatic nitrogens is 2. The molecule has 1 fully saturated rings. The first-order chi connectivity index (χ1) is 17.1. The summed E-state index contributed by atoms with van der Waals surface area (Å²) in [7, 11) is 1.66. The van der Waals surface area contributed by atoms with E-state index in [-0.39, 0.29) is 18.1 Å². The molecule has 4 rings (SSSR count). The summed E-state index contributed by atoms with van der Waals surface area (Å²) in [6.07, 6.45) is 5.81. The molecule has 1 aliphatic rings. The molecule has 1 aromatic heterocycles. The third-order valence-electron chi connectivity index (χ3n) is 6.29. The van der Waals surface area contributed by atoms with E-state index in [1.807, 2.05) is 49.4 Å². The summed E-state index contributed by atoms with van der Waals surface area (Å²) < 4.78 is 19.2. The molecule has 1 N–H and O–H groups in total. The Morgan fingerprint density at radius 1 is 1.29 bits per heavy atom. The predicted molar refractivity (Wildman–Crippen MR) is 137 cm³/mol. The SMILES string of the molecule is C=CCc1ccc(OCCCCn2c(C(C)NC(=O)C3CCCO3)nc3ccccc32)c(OC)c1. The van der Waals surface area contributed by atoms with Gasteiger partial charge in [-0.3, -0.25) is 4.79 Å². The van der Waals surface area contributed by atoms with Gasteiger partial charge in [0.15, 0.2) is 11.5 Å². The van der Waals surface area contributed by atoms with Crippen LogP contribution < -0.4 is 14.8 Å². The van der Waals surface area contributed by atoms with E-state index < -0.39 is 0 Å². The Morgan fingerprint density at radius 3 is 2.91 bits per heavy atom. The van der Waals surface area contributed by atoms with Gasteiger partial charge in [0.25, 0.3) is 0 Å². The van der Waals surface area contributed by atoms with Crippen LogP contribution in [0, 0.1) is 0 Å². The van der Waals surface area contributed by atoms with Gasteiger partial charge in [0.2, 0.25) is 5.91 Å². The second-order valence-corrected chi connectivity index (χ2v) is 8.88. The van der Waals surface area contributed by atoms with Crippen LogP contribution in [0.1, 0.15) is 50.0 Å². The zero-order valence-electron chi connectivity index (χ0n) is 20.7. The van der Waals surface area contributed by atoms with Crippen LogP contribution >= 0.6 is 0 Å². The Balaban J connectivity index is 1.37. The molecular weight excluding hydrogens is 442 g/mol. The Kier molecular flexibility index (Phi) is 8.42. The standard InChI is InChI=1S/C28H35N3O4/c1-4-10-21-14-15-24(26(19-21)33-3)34-17-8-7-16-31-23-12-6-5-11-22(23)30-27(31)20(2)29-28(32)25-13-9-18-35-25/h4-6,11-12,14-15,19-20,25H,1,7-10,13,16-18H2,2-3H3,(H,29,32). The number of amides is 1. The van der Waals surface area contributed by atoms with Gasteiger partial charge in [0, 0.05) is 13.2 Å². The van der Waals surface area contributed by atoms with Gasteiger partial charge in [-0.05, 0) is 68.9 Å². The molecule has 1 aliphatic heterocycles. The molecule has 2 unspecified atom stereocenters. The topological polar surface area (TPSA) is 74.6 Å². The molecule has 0 aliphatic carbocycles. The summed E-state index contributed by atoms with van der Waals surface area (Å²) >= 11 is 0. The quantitative estimate of drug-likeness (QED) is 0.294. The first kappa shape index (κ1) is 24.8. The zero-order valence-corrected chi connectivity index (χ0v) is 20.7. The Bertz CT molecular complexity index is 1150. The number of carbonyl (C=O) groups excluding carboxylic acids is 1. The molecule has 35 heavy (non-hydrogen) atoms. The summed E-state index contributed by atoms with van der Waals surface area (Å²) in [6.45, 7) is 7.80. The van der Waals surface area contributed by atoms with Gasteiger partial charge in [0.1, 0.15) is 11.9 Å². The fourth-order valence-electron chi connectivity index (χ4n) is 4.49. The third-order valence-corrected chi connectivity index (χ3v) is 6.29. The Hall–Kier alpha value is -3.32. The molecular formula is C28H35N3O4. The van der Waals surface area contributed by atoms with Gasteiger partial charge in [-0.15, -0.1) is 6.58 Å². The predicted octanol–water partition coefficient (Wildman–Crippen LogP) is 4.99. The molecule has 186 valence electrons. The molecule has 0 saturated carbocycles. The van der Waals surface area contributed by atoms with E-state index in [1.54, 1.807) is 7.11 Å². The second-order valence-electron chi connectivity index (χ2n) is 8.88. The lowest BCUT2D eigenvalue weighted by atomic mass is 10.1. The molecule has 0 bridgehead atoms. The van der Waals surface area contributed by atoms with E-state index in [0.717, 1.165) is 72.6 Å². The van der Waals surface area contributed by atoms with Crippen molar-refractivity contribution in [1.82, 2.24) is 14.9 Å². The van der Waals surface area contributed by atoms with E-state index in [2.05, 4.69) is 22.5 Å². The number of benzene rings is 2. The van der Waals surface area contributed by atoms with E-state index in [1.165, 1.54) is 0 Å². The van der Waals surface area contributed by atoms with Crippen molar-refractivity contribution in [1.29, 1.82) is 0 Å². The first-order valence-electron chi connectivity index (χ1n) is 12.4. The van der Waals surface area contributed by atoms with Crippen molar-refractivity contribution in [3.05, 3.63) is 66.5 Å². The largest absolute Gasteiger partial charge is 0.493 e. The maximum Gasteiger partial charge on any atom is 0.249 e. The minimum Gasteiger partial charge on any atom is -0.493 e. The molecule has 0 spiro atoms. The van der Waals surface area contributed by atoms with Crippen LogP contribution in [0.15, 0.2) is 55.1 Å². The summed E-state index contributed by atoms with van der Waals surface area (Å²) in [5, 5.41) is 3.10. The van der Waals surface area contributed by atoms with Gasteiger partial charge < -0.3 is 24.1 Å². The molecule has 1 amide bonds. The maximum atomic E-state index is 12.6. The highest BCUT2D eigenvalue weighted by Gasteiger charge is 2.26. The van der Waals surface area contributed by atoms with Crippen molar-refractivity contribution in [2.75, 3.05) is 20.3 Å². The molecule has 0 radical (unpaired) electrons. The number of para-hydroxylation sites is 2. The molecule has 1 saturated heterocycles. The smallest absolute Gasteiger partial charge is 0.249 e. The zero-order chi connectivity index (χ0) is 24.6. The summed E-state index contributed by atoms with van der Waals surface area (Å²) in [5.41, 5.74) is 3.15. The molecule has 2 aromatic carbocycles. The molecule has 3 aromatic rings. The number of hydrogen-bond acceptors (Lipinski definition) is 5. The normalized spacial score (nSPS) is 16.2. The lowest BCUT2D eigenvalue weighted by Crippen LogP contribution is -2.36. The van der Waals surface area contributed by atoms with Gasteiger partial charge in [-0.25, -0.2) is 4.98 Å². The minimum absolute atomic E-state index is 0.0601. The molecule has 7 heteroatoms. The third kappa shape index (κ3) is 6.03. The van der Waals surface area contributed by atoms with E-state index in [4.69, 9.17) is 19.2 Å². The first-order valence-corrected chi connectivity index (χ1v) is 12.4.